The Morgan fingerprint density at radius 1 is 1.35 bits per heavy atom. The van der Waals surface area contributed by atoms with Crippen molar-refractivity contribution in [1.82, 2.24) is 5.32 Å². The van der Waals surface area contributed by atoms with Crippen LogP contribution in [-0.2, 0) is 4.74 Å². The summed E-state index contributed by atoms with van der Waals surface area (Å²) in [4.78, 5) is 11.7. The third-order valence-corrected chi connectivity index (χ3v) is 3.11. The zero-order chi connectivity index (χ0) is 12.9. The number of hydrogen-bond acceptors (Lipinski definition) is 3. The van der Waals surface area contributed by atoms with Crippen molar-refractivity contribution >= 4 is 6.09 Å². The second-order valence-corrected chi connectivity index (χ2v) is 5.81. The van der Waals surface area contributed by atoms with Gasteiger partial charge in [0.1, 0.15) is 5.60 Å². The third-order valence-electron chi connectivity index (χ3n) is 3.11. The second-order valence-electron chi connectivity index (χ2n) is 5.81. The molecule has 4 nitrogen and oxygen atoms in total. The van der Waals surface area contributed by atoms with Gasteiger partial charge in [-0.3, -0.25) is 0 Å². The van der Waals surface area contributed by atoms with Crippen molar-refractivity contribution in [3.63, 3.8) is 0 Å². The van der Waals surface area contributed by atoms with Gasteiger partial charge in [-0.2, -0.15) is 0 Å². The fourth-order valence-electron chi connectivity index (χ4n) is 2.37. The number of alkyl carbamates (subject to hydrolysis) is 1. The Hall–Kier alpha value is -0.770. The largest absolute Gasteiger partial charge is 0.444 e. The van der Waals surface area contributed by atoms with Crippen molar-refractivity contribution in [2.75, 3.05) is 6.61 Å². The minimum Gasteiger partial charge on any atom is -0.444 e. The predicted molar refractivity (Wildman–Crippen MR) is 66.8 cm³/mol. The van der Waals surface area contributed by atoms with Crippen LogP contribution in [0.3, 0.4) is 0 Å². The van der Waals surface area contributed by atoms with E-state index in [0.717, 1.165) is 25.7 Å². The average Bonchev–Trinajstić information content (AvgIpc) is 2.18. The van der Waals surface area contributed by atoms with Gasteiger partial charge in [-0.15, -0.1) is 0 Å². The first-order valence-corrected chi connectivity index (χ1v) is 6.53. The van der Waals surface area contributed by atoms with E-state index < -0.39 is 5.60 Å². The molecule has 0 bridgehead atoms. The standard InChI is InChI=1S/C13H25NO3/c1-13(2,3)17-12(16)14-11-7-5-4-6-10(11)8-9-15/h10-11,15H,4-9H2,1-3H3,(H,14,16)/t10-,11-/m1/s1. The van der Waals surface area contributed by atoms with Gasteiger partial charge in [-0.05, 0) is 46.0 Å². The molecule has 1 fully saturated rings. The highest BCUT2D eigenvalue weighted by Gasteiger charge is 2.27. The summed E-state index contributed by atoms with van der Waals surface area (Å²) in [5.74, 6) is 0.390. The van der Waals surface area contributed by atoms with Crippen molar-refractivity contribution in [3.8, 4) is 0 Å². The van der Waals surface area contributed by atoms with Crippen molar-refractivity contribution < 1.29 is 14.6 Å². The predicted octanol–water partition coefficient (Wildman–Crippen LogP) is 2.45. The minimum absolute atomic E-state index is 0.158. The maximum atomic E-state index is 11.7. The molecule has 17 heavy (non-hydrogen) atoms. The lowest BCUT2D eigenvalue weighted by atomic mass is 9.83. The van der Waals surface area contributed by atoms with Gasteiger partial charge < -0.3 is 15.2 Å². The molecule has 0 aliphatic heterocycles. The smallest absolute Gasteiger partial charge is 0.407 e. The van der Waals surface area contributed by atoms with Gasteiger partial charge in [-0.25, -0.2) is 4.79 Å². The van der Waals surface area contributed by atoms with Crippen molar-refractivity contribution in [2.24, 2.45) is 5.92 Å². The maximum absolute atomic E-state index is 11.7. The Balaban J connectivity index is 2.44. The minimum atomic E-state index is -0.453. The molecular formula is C13H25NO3. The highest BCUT2D eigenvalue weighted by Crippen LogP contribution is 2.27. The van der Waals surface area contributed by atoms with Crippen LogP contribution in [0.15, 0.2) is 0 Å². The molecule has 1 aliphatic carbocycles. The number of aliphatic hydroxyl groups excluding tert-OH is 1. The number of hydrogen-bond donors (Lipinski definition) is 2. The van der Waals surface area contributed by atoms with Crippen LogP contribution in [0.2, 0.25) is 0 Å². The second kappa shape index (κ2) is 6.24. The van der Waals surface area contributed by atoms with Crippen LogP contribution in [0, 0.1) is 5.92 Å². The van der Waals surface area contributed by atoms with E-state index in [2.05, 4.69) is 5.32 Å². The molecule has 0 radical (unpaired) electrons. The maximum Gasteiger partial charge on any atom is 0.407 e. The van der Waals surface area contributed by atoms with Gasteiger partial charge in [0.05, 0.1) is 0 Å². The van der Waals surface area contributed by atoms with E-state index in [4.69, 9.17) is 9.84 Å². The Morgan fingerprint density at radius 3 is 2.59 bits per heavy atom. The fraction of sp³-hybridized carbons (Fsp3) is 0.923. The molecule has 1 amide bonds. The van der Waals surface area contributed by atoms with E-state index in [0.29, 0.717) is 5.92 Å². The number of amides is 1. The van der Waals surface area contributed by atoms with Crippen LogP contribution in [0.25, 0.3) is 0 Å². The van der Waals surface area contributed by atoms with E-state index in [1.807, 2.05) is 20.8 Å². The number of carbonyl (C=O) groups is 1. The van der Waals surface area contributed by atoms with Gasteiger partial charge >= 0.3 is 6.09 Å². The van der Waals surface area contributed by atoms with Crippen LogP contribution >= 0.6 is 0 Å². The summed E-state index contributed by atoms with van der Waals surface area (Å²) in [6, 6.07) is 0.158. The lowest BCUT2D eigenvalue weighted by Gasteiger charge is -2.32. The molecule has 0 aromatic carbocycles. The van der Waals surface area contributed by atoms with E-state index >= 15 is 0 Å². The summed E-state index contributed by atoms with van der Waals surface area (Å²) >= 11 is 0. The van der Waals surface area contributed by atoms with Crippen LogP contribution in [0.5, 0.6) is 0 Å². The Kier molecular flexibility index (Phi) is 5.25. The van der Waals surface area contributed by atoms with E-state index in [9.17, 15) is 4.79 Å². The number of rotatable bonds is 3. The summed E-state index contributed by atoms with van der Waals surface area (Å²) in [7, 11) is 0. The molecule has 2 atom stereocenters. The molecule has 4 heteroatoms. The fourth-order valence-corrected chi connectivity index (χ4v) is 2.37. The average molecular weight is 243 g/mol. The van der Waals surface area contributed by atoms with Crippen molar-refractivity contribution in [2.45, 2.75) is 64.5 Å². The third kappa shape index (κ3) is 5.39. The quantitative estimate of drug-likeness (QED) is 0.800. The van der Waals surface area contributed by atoms with Crippen molar-refractivity contribution in [3.05, 3.63) is 0 Å². The molecule has 0 saturated heterocycles. The first-order chi connectivity index (χ1) is 7.92. The Bertz CT molecular complexity index is 246. The zero-order valence-electron chi connectivity index (χ0n) is 11.2. The molecule has 0 unspecified atom stereocenters. The van der Waals surface area contributed by atoms with Crippen LogP contribution in [0.4, 0.5) is 4.79 Å². The summed E-state index contributed by atoms with van der Waals surface area (Å²) in [6.45, 7) is 5.77. The Labute approximate surface area is 104 Å². The number of aliphatic hydroxyl groups is 1. The van der Waals surface area contributed by atoms with E-state index in [-0.39, 0.29) is 18.7 Å². The first kappa shape index (κ1) is 14.3. The number of carbonyl (C=O) groups excluding carboxylic acids is 1. The topological polar surface area (TPSA) is 58.6 Å². The molecule has 0 heterocycles. The van der Waals surface area contributed by atoms with E-state index in [1.165, 1.54) is 6.42 Å². The molecule has 1 rings (SSSR count). The summed E-state index contributed by atoms with van der Waals surface area (Å²) in [5.41, 5.74) is -0.453. The molecule has 1 aliphatic rings. The molecule has 2 N–H and O–H groups in total. The SMILES string of the molecule is CC(C)(C)OC(=O)N[C@@H]1CCCC[C@@H]1CCO. The molecular weight excluding hydrogens is 218 g/mol. The molecule has 100 valence electrons. The summed E-state index contributed by atoms with van der Waals surface area (Å²) in [5, 5.41) is 12.0. The zero-order valence-corrected chi connectivity index (χ0v) is 11.2. The van der Waals surface area contributed by atoms with Gasteiger partial charge in [0.2, 0.25) is 0 Å². The highest BCUT2D eigenvalue weighted by molar-refractivity contribution is 5.68. The number of ether oxygens (including phenoxy) is 1. The highest BCUT2D eigenvalue weighted by atomic mass is 16.6. The monoisotopic (exact) mass is 243 g/mol. The van der Waals surface area contributed by atoms with Crippen LogP contribution < -0.4 is 5.32 Å². The Morgan fingerprint density at radius 2 is 2.00 bits per heavy atom. The lowest BCUT2D eigenvalue weighted by molar-refractivity contribution is 0.0460. The molecule has 0 spiro atoms. The van der Waals surface area contributed by atoms with Crippen LogP contribution in [-0.4, -0.2) is 29.4 Å². The van der Waals surface area contributed by atoms with Gasteiger partial charge in [0.25, 0.3) is 0 Å². The van der Waals surface area contributed by atoms with E-state index in [1.54, 1.807) is 0 Å². The van der Waals surface area contributed by atoms with Crippen LogP contribution in [0.1, 0.15) is 52.9 Å². The summed E-state index contributed by atoms with van der Waals surface area (Å²) < 4.78 is 5.25. The molecule has 1 saturated carbocycles. The normalized spacial score (nSPS) is 25.4. The summed E-state index contributed by atoms with van der Waals surface area (Å²) in [6.07, 6.45) is 4.83. The lowest BCUT2D eigenvalue weighted by Crippen LogP contribution is -2.44. The van der Waals surface area contributed by atoms with Gasteiger partial charge in [0.15, 0.2) is 0 Å². The first-order valence-electron chi connectivity index (χ1n) is 6.53. The van der Waals surface area contributed by atoms with Crippen molar-refractivity contribution in [1.29, 1.82) is 0 Å². The molecule has 0 aromatic heterocycles. The van der Waals surface area contributed by atoms with Gasteiger partial charge in [-0.1, -0.05) is 12.8 Å². The van der Waals surface area contributed by atoms with Gasteiger partial charge in [0, 0.05) is 12.6 Å². The number of nitrogens with one attached hydrogen (secondary N) is 1. The molecule has 0 aromatic rings.